The Balaban J connectivity index is 1.52. The predicted molar refractivity (Wildman–Crippen MR) is 118 cm³/mol. The minimum Gasteiger partial charge on any atom is -0.295 e. The van der Waals surface area contributed by atoms with Gasteiger partial charge in [0.15, 0.2) is 5.78 Å². The maximum Gasteiger partial charge on any atom is 0.155 e. The Labute approximate surface area is 172 Å². The van der Waals surface area contributed by atoms with E-state index >= 15 is 0 Å². The van der Waals surface area contributed by atoms with Gasteiger partial charge in [0.25, 0.3) is 0 Å². The number of rotatable bonds is 4. The van der Waals surface area contributed by atoms with Gasteiger partial charge in [-0.15, -0.1) is 0 Å². The van der Waals surface area contributed by atoms with E-state index in [0.717, 1.165) is 42.9 Å². The number of hydrogen-bond donors (Lipinski definition) is 0. The summed E-state index contributed by atoms with van der Waals surface area (Å²) in [6.45, 7) is 14.1. The Hall–Kier alpha value is -1.11. The SMILES string of the molecule is C=C(CCC=C(C)C)[C@H]1CC[C@H]2[C@@H]3CCC4=CC(=O)CC[C@]4(C)[C@H]3CC[C@]12C. The number of allylic oxidation sites excluding steroid dienone is 4. The highest BCUT2D eigenvalue weighted by Gasteiger charge is 2.59. The van der Waals surface area contributed by atoms with Crippen LogP contribution in [0, 0.1) is 34.5 Å². The summed E-state index contributed by atoms with van der Waals surface area (Å²) >= 11 is 0. The van der Waals surface area contributed by atoms with Crippen LogP contribution < -0.4 is 0 Å². The van der Waals surface area contributed by atoms with Crippen molar-refractivity contribution in [1.29, 1.82) is 0 Å². The van der Waals surface area contributed by atoms with Crippen LogP contribution in [-0.2, 0) is 4.79 Å². The molecule has 0 amide bonds. The van der Waals surface area contributed by atoms with Gasteiger partial charge in [-0.3, -0.25) is 4.79 Å². The van der Waals surface area contributed by atoms with Crippen LogP contribution in [0.3, 0.4) is 0 Å². The van der Waals surface area contributed by atoms with Gasteiger partial charge in [0.1, 0.15) is 0 Å². The average molecular weight is 381 g/mol. The van der Waals surface area contributed by atoms with Crippen LogP contribution in [0.2, 0.25) is 0 Å². The summed E-state index contributed by atoms with van der Waals surface area (Å²) < 4.78 is 0. The molecule has 0 bridgehead atoms. The first kappa shape index (κ1) is 20.2. The van der Waals surface area contributed by atoms with E-state index in [1.54, 1.807) is 0 Å². The highest BCUT2D eigenvalue weighted by Crippen LogP contribution is 2.67. The first-order valence-electron chi connectivity index (χ1n) is 11.8. The molecule has 0 aromatic carbocycles. The second-order valence-electron chi connectivity index (χ2n) is 11.1. The molecule has 3 fully saturated rings. The summed E-state index contributed by atoms with van der Waals surface area (Å²) in [5.41, 5.74) is 5.21. The molecule has 6 atom stereocenters. The van der Waals surface area contributed by atoms with Gasteiger partial charge in [-0.05, 0) is 112 Å². The zero-order chi connectivity index (χ0) is 20.1. The van der Waals surface area contributed by atoms with Gasteiger partial charge in [0, 0.05) is 6.42 Å². The molecule has 4 rings (SSSR count). The molecule has 28 heavy (non-hydrogen) atoms. The Bertz CT molecular complexity index is 721. The molecule has 3 saturated carbocycles. The van der Waals surface area contributed by atoms with Crippen molar-refractivity contribution in [2.24, 2.45) is 34.5 Å². The lowest BCUT2D eigenvalue weighted by molar-refractivity contribution is -0.117. The third-order valence-electron chi connectivity index (χ3n) is 9.47. The van der Waals surface area contributed by atoms with E-state index in [9.17, 15) is 4.79 Å². The van der Waals surface area contributed by atoms with Crippen molar-refractivity contribution >= 4 is 5.78 Å². The molecular formula is C27H40O. The number of ketones is 1. The lowest BCUT2D eigenvalue weighted by atomic mass is 9.46. The molecule has 4 aliphatic carbocycles. The van der Waals surface area contributed by atoms with Crippen LogP contribution >= 0.6 is 0 Å². The largest absolute Gasteiger partial charge is 0.295 e. The minimum absolute atomic E-state index is 0.302. The van der Waals surface area contributed by atoms with Gasteiger partial charge in [-0.2, -0.15) is 0 Å². The van der Waals surface area contributed by atoms with Gasteiger partial charge in [-0.25, -0.2) is 0 Å². The lowest BCUT2D eigenvalue weighted by Gasteiger charge is -2.58. The van der Waals surface area contributed by atoms with E-state index in [4.69, 9.17) is 0 Å². The predicted octanol–water partition coefficient (Wildman–Crippen LogP) is 7.44. The molecule has 1 heteroatoms. The fourth-order valence-corrected chi connectivity index (χ4v) is 7.95. The summed E-state index contributed by atoms with van der Waals surface area (Å²) in [5, 5.41) is 0. The van der Waals surface area contributed by atoms with Crippen molar-refractivity contribution in [2.75, 3.05) is 0 Å². The van der Waals surface area contributed by atoms with Gasteiger partial charge < -0.3 is 0 Å². The molecule has 0 N–H and O–H groups in total. The van der Waals surface area contributed by atoms with Crippen molar-refractivity contribution in [3.8, 4) is 0 Å². The first-order valence-corrected chi connectivity index (χ1v) is 11.8. The Kier molecular flexibility index (Phi) is 5.26. The summed E-state index contributed by atoms with van der Waals surface area (Å²) in [6.07, 6.45) is 16.6. The summed E-state index contributed by atoms with van der Waals surface area (Å²) in [4.78, 5) is 12.0. The topological polar surface area (TPSA) is 17.1 Å². The summed E-state index contributed by atoms with van der Waals surface area (Å²) in [6, 6.07) is 0. The molecule has 0 aromatic rings. The first-order chi connectivity index (χ1) is 13.3. The monoisotopic (exact) mass is 380 g/mol. The average Bonchev–Trinajstić information content (AvgIpc) is 2.99. The molecule has 0 aliphatic heterocycles. The van der Waals surface area contributed by atoms with E-state index < -0.39 is 0 Å². The molecule has 0 spiro atoms. The molecule has 0 saturated heterocycles. The summed E-state index contributed by atoms with van der Waals surface area (Å²) in [7, 11) is 0. The van der Waals surface area contributed by atoms with Crippen LogP contribution in [0.4, 0.5) is 0 Å². The van der Waals surface area contributed by atoms with E-state index in [-0.39, 0.29) is 0 Å². The van der Waals surface area contributed by atoms with Crippen molar-refractivity contribution in [3.63, 3.8) is 0 Å². The third kappa shape index (κ3) is 3.17. The highest BCUT2D eigenvalue weighted by molar-refractivity contribution is 5.91. The van der Waals surface area contributed by atoms with Crippen molar-refractivity contribution in [1.82, 2.24) is 0 Å². The molecule has 0 unspecified atom stereocenters. The quantitative estimate of drug-likeness (QED) is 0.463. The minimum atomic E-state index is 0.302. The van der Waals surface area contributed by atoms with E-state index in [1.165, 1.54) is 61.7 Å². The van der Waals surface area contributed by atoms with Crippen LogP contribution in [0.5, 0.6) is 0 Å². The Morgan fingerprint density at radius 3 is 2.64 bits per heavy atom. The van der Waals surface area contributed by atoms with Crippen molar-refractivity contribution in [3.05, 3.63) is 35.5 Å². The number of hydrogen-bond acceptors (Lipinski definition) is 1. The van der Waals surface area contributed by atoms with E-state index in [2.05, 4.69) is 40.3 Å². The van der Waals surface area contributed by atoms with Crippen molar-refractivity contribution < 1.29 is 4.79 Å². The highest BCUT2D eigenvalue weighted by atomic mass is 16.1. The second-order valence-corrected chi connectivity index (χ2v) is 11.1. The Morgan fingerprint density at radius 2 is 1.89 bits per heavy atom. The molecule has 0 aromatic heterocycles. The van der Waals surface area contributed by atoms with E-state index in [1.807, 2.05) is 6.08 Å². The molecule has 0 heterocycles. The van der Waals surface area contributed by atoms with E-state index in [0.29, 0.717) is 16.6 Å². The fraction of sp³-hybridized carbons (Fsp3) is 0.741. The maximum atomic E-state index is 12.0. The number of carbonyl (C=O) groups is 1. The molecular weight excluding hydrogens is 340 g/mol. The zero-order valence-corrected chi connectivity index (χ0v) is 18.7. The van der Waals surface area contributed by atoms with Crippen LogP contribution in [-0.4, -0.2) is 5.78 Å². The van der Waals surface area contributed by atoms with Crippen LogP contribution in [0.15, 0.2) is 35.5 Å². The van der Waals surface area contributed by atoms with Gasteiger partial charge >= 0.3 is 0 Å². The molecule has 4 aliphatic rings. The third-order valence-corrected chi connectivity index (χ3v) is 9.47. The second kappa shape index (κ2) is 7.29. The molecule has 1 nitrogen and oxygen atoms in total. The lowest BCUT2D eigenvalue weighted by Crippen LogP contribution is -2.50. The van der Waals surface area contributed by atoms with Gasteiger partial charge in [0.2, 0.25) is 0 Å². The zero-order valence-electron chi connectivity index (χ0n) is 18.7. The summed E-state index contributed by atoms with van der Waals surface area (Å²) in [5.74, 6) is 3.63. The maximum absolute atomic E-state index is 12.0. The van der Waals surface area contributed by atoms with Crippen molar-refractivity contribution in [2.45, 2.75) is 91.9 Å². The standard InChI is InChI=1S/C27H40O/c1-18(2)7-6-8-19(3)23-11-12-24-22-10-9-20-17-21(28)13-15-26(20,4)25(22)14-16-27(23,24)5/h7,17,22-25H,3,6,8-16H2,1-2,4-5H3/t22-,23+,24-,25-,26-,27+/m0/s1. The van der Waals surface area contributed by atoms with Gasteiger partial charge in [0.05, 0.1) is 0 Å². The van der Waals surface area contributed by atoms with Crippen LogP contribution in [0.1, 0.15) is 91.9 Å². The number of fused-ring (bicyclic) bond motifs is 5. The fourth-order valence-electron chi connectivity index (χ4n) is 7.95. The number of carbonyl (C=O) groups excluding carboxylic acids is 1. The van der Waals surface area contributed by atoms with Gasteiger partial charge in [-0.1, -0.05) is 43.2 Å². The van der Waals surface area contributed by atoms with Crippen LogP contribution in [0.25, 0.3) is 0 Å². The molecule has 154 valence electrons. The smallest absolute Gasteiger partial charge is 0.155 e. The normalized spacial score (nSPS) is 42.1. The Morgan fingerprint density at radius 1 is 1.11 bits per heavy atom. The molecule has 0 radical (unpaired) electrons.